The highest BCUT2D eigenvalue weighted by molar-refractivity contribution is 6.78. The van der Waals surface area contributed by atoms with Gasteiger partial charge in [0.15, 0.2) is 0 Å². The fourth-order valence-electron chi connectivity index (χ4n) is 5.12. The number of rotatable bonds is 7. The molecule has 2 aliphatic rings. The van der Waals surface area contributed by atoms with Crippen LogP contribution in [0.3, 0.4) is 0 Å². The monoisotopic (exact) mass is 398 g/mol. The van der Waals surface area contributed by atoms with Crippen LogP contribution in [0.15, 0.2) is 30.4 Å². The maximum absolute atomic E-state index is 7.12. The minimum atomic E-state index is -2.01. The first-order valence-electron chi connectivity index (χ1n) is 10.9. The van der Waals surface area contributed by atoms with Gasteiger partial charge < -0.3 is 9.16 Å². The first-order valence-corrected chi connectivity index (χ1v) is 13.1. The summed E-state index contributed by atoms with van der Waals surface area (Å²) in [6, 6.07) is 4.51. The Kier molecular flexibility index (Phi) is 5.61. The highest BCUT2D eigenvalue weighted by atomic mass is 28.4. The van der Waals surface area contributed by atoms with E-state index in [1.165, 1.54) is 18.4 Å². The lowest BCUT2D eigenvalue weighted by Crippen LogP contribution is -2.50. The van der Waals surface area contributed by atoms with Crippen molar-refractivity contribution in [2.24, 2.45) is 0 Å². The summed E-state index contributed by atoms with van der Waals surface area (Å²) in [5, 5.41) is 0. The second-order valence-electron chi connectivity index (χ2n) is 10.0. The number of hydrogen-bond donors (Lipinski definition) is 0. The summed E-state index contributed by atoms with van der Waals surface area (Å²) in [6.45, 7) is 22.3. The lowest BCUT2D eigenvalue weighted by molar-refractivity contribution is 0.149. The predicted octanol–water partition coefficient (Wildman–Crippen LogP) is 7.86. The number of hydrogen-bond acceptors (Lipinski definition) is 2. The fraction of sp³-hybridized carbons (Fsp3) is 0.600. The van der Waals surface area contributed by atoms with Crippen LogP contribution in [-0.2, 0) is 0 Å². The van der Waals surface area contributed by atoms with Gasteiger partial charge in [-0.05, 0) is 72.5 Å². The average Bonchev–Trinajstić information content (AvgIpc) is 3.41. The molecule has 0 unspecified atom stereocenters. The lowest BCUT2D eigenvalue weighted by Gasteiger charge is -2.43. The molecule has 1 aliphatic heterocycles. The van der Waals surface area contributed by atoms with Crippen molar-refractivity contribution in [2.75, 3.05) is 0 Å². The Morgan fingerprint density at radius 2 is 1.64 bits per heavy atom. The van der Waals surface area contributed by atoms with Gasteiger partial charge in [0.25, 0.3) is 8.32 Å². The molecule has 0 aromatic heterocycles. The van der Waals surface area contributed by atoms with E-state index in [-0.39, 0.29) is 5.60 Å². The topological polar surface area (TPSA) is 18.5 Å². The molecule has 1 saturated carbocycles. The first kappa shape index (κ1) is 21.2. The maximum Gasteiger partial charge on any atom is 0.258 e. The Hall–Kier alpha value is -1.48. The molecule has 28 heavy (non-hydrogen) atoms. The molecular weight excluding hydrogens is 360 g/mol. The number of benzene rings is 1. The zero-order valence-electron chi connectivity index (χ0n) is 19.1. The van der Waals surface area contributed by atoms with Crippen molar-refractivity contribution in [1.29, 1.82) is 0 Å². The van der Waals surface area contributed by atoms with Gasteiger partial charge in [0, 0.05) is 11.6 Å². The molecule has 0 amide bonds. The van der Waals surface area contributed by atoms with Crippen molar-refractivity contribution in [3.05, 3.63) is 41.5 Å². The van der Waals surface area contributed by atoms with Crippen LogP contribution in [0.4, 0.5) is 0 Å². The molecule has 1 aromatic carbocycles. The van der Waals surface area contributed by atoms with Crippen LogP contribution in [0.5, 0.6) is 11.5 Å². The van der Waals surface area contributed by atoms with E-state index in [9.17, 15) is 0 Å². The minimum absolute atomic E-state index is 0.365. The van der Waals surface area contributed by atoms with Crippen LogP contribution in [0.2, 0.25) is 16.6 Å². The summed E-state index contributed by atoms with van der Waals surface area (Å²) in [6.07, 6.45) is 6.68. The Balaban J connectivity index is 2.12. The highest BCUT2D eigenvalue weighted by Gasteiger charge is 2.48. The number of fused-ring (bicyclic) bond motifs is 1. The summed E-state index contributed by atoms with van der Waals surface area (Å²) in [5.41, 5.74) is 4.97. The van der Waals surface area contributed by atoms with Crippen LogP contribution >= 0.6 is 0 Å². The van der Waals surface area contributed by atoms with Gasteiger partial charge >= 0.3 is 0 Å². The van der Waals surface area contributed by atoms with Crippen molar-refractivity contribution >= 4 is 14.4 Å². The average molecular weight is 399 g/mol. The molecule has 0 atom stereocenters. The zero-order chi connectivity index (χ0) is 20.9. The first-order chi connectivity index (χ1) is 13.0. The van der Waals surface area contributed by atoms with E-state index in [2.05, 4.69) is 80.2 Å². The molecule has 0 radical (unpaired) electrons. The molecule has 2 nitrogen and oxygen atoms in total. The van der Waals surface area contributed by atoms with Gasteiger partial charge in [-0.2, -0.15) is 0 Å². The number of ether oxygens (including phenoxy) is 1. The summed E-state index contributed by atoms with van der Waals surface area (Å²) in [5.74, 6) is 2.65. The predicted molar refractivity (Wildman–Crippen MR) is 123 cm³/mol. The van der Waals surface area contributed by atoms with Crippen molar-refractivity contribution < 1.29 is 9.16 Å². The van der Waals surface area contributed by atoms with Crippen LogP contribution in [0.1, 0.15) is 85.3 Å². The summed E-state index contributed by atoms with van der Waals surface area (Å²) < 4.78 is 13.5. The van der Waals surface area contributed by atoms with E-state index < -0.39 is 8.32 Å². The van der Waals surface area contributed by atoms with Crippen LogP contribution in [0.25, 0.3) is 6.08 Å². The van der Waals surface area contributed by atoms with Gasteiger partial charge in [-0.3, -0.25) is 0 Å². The van der Waals surface area contributed by atoms with Crippen molar-refractivity contribution in [3.8, 4) is 11.5 Å². The van der Waals surface area contributed by atoms with Gasteiger partial charge in [0.1, 0.15) is 17.1 Å². The summed E-state index contributed by atoms with van der Waals surface area (Å²) >= 11 is 0. The molecule has 0 spiro atoms. The van der Waals surface area contributed by atoms with E-state index >= 15 is 0 Å². The molecule has 1 aromatic rings. The molecule has 3 heteroatoms. The van der Waals surface area contributed by atoms with Gasteiger partial charge in [0.2, 0.25) is 0 Å². The van der Waals surface area contributed by atoms with Crippen LogP contribution in [-0.4, -0.2) is 13.9 Å². The van der Waals surface area contributed by atoms with Crippen molar-refractivity contribution in [3.63, 3.8) is 0 Å². The summed E-state index contributed by atoms with van der Waals surface area (Å²) in [4.78, 5) is 0. The van der Waals surface area contributed by atoms with E-state index in [0.29, 0.717) is 22.5 Å². The second-order valence-corrected chi connectivity index (χ2v) is 15.4. The molecule has 0 saturated heterocycles. The SMILES string of the molecule is C=CC1=Cc2cc(C3CC3)c(O[Si](C(C)C)(C(C)C)C(C)C)cc2OC1(C)C. The molecule has 154 valence electrons. The highest BCUT2D eigenvalue weighted by Crippen LogP contribution is 2.51. The molecule has 1 fully saturated rings. The Morgan fingerprint density at radius 3 is 2.11 bits per heavy atom. The Bertz CT molecular complexity index is 760. The summed E-state index contributed by atoms with van der Waals surface area (Å²) in [7, 11) is -2.01. The second kappa shape index (κ2) is 7.40. The third kappa shape index (κ3) is 3.58. The van der Waals surface area contributed by atoms with E-state index in [1.807, 2.05) is 6.08 Å². The lowest BCUT2D eigenvalue weighted by atomic mass is 9.91. The molecule has 1 aliphatic carbocycles. The minimum Gasteiger partial charge on any atom is -0.542 e. The Morgan fingerprint density at radius 1 is 1.07 bits per heavy atom. The molecule has 0 N–H and O–H groups in total. The van der Waals surface area contributed by atoms with Crippen molar-refractivity contribution in [1.82, 2.24) is 0 Å². The molecule has 3 rings (SSSR count). The van der Waals surface area contributed by atoms with Gasteiger partial charge in [-0.25, -0.2) is 0 Å². The maximum atomic E-state index is 7.12. The van der Waals surface area contributed by atoms with Crippen molar-refractivity contribution in [2.45, 2.75) is 96.4 Å². The largest absolute Gasteiger partial charge is 0.542 e. The van der Waals surface area contributed by atoms with Gasteiger partial charge in [-0.15, -0.1) is 0 Å². The van der Waals surface area contributed by atoms with E-state index in [0.717, 1.165) is 22.6 Å². The fourth-order valence-corrected chi connectivity index (χ4v) is 10.4. The third-order valence-corrected chi connectivity index (χ3v) is 12.7. The van der Waals surface area contributed by atoms with E-state index in [1.54, 1.807) is 0 Å². The Labute approximate surface area is 173 Å². The van der Waals surface area contributed by atoms with E-state index in [4.69, 9.17) is 9.16 Å². The quantitative estimate of drug-likeness (QED) is 0.435. The van der Waals surface area contributed by atoms with Gasteiger partial charge in [-0.1, -0.05) is 54.2 Å². The smallest absolute Gasteiger partial charge is 0.258 e. The molecule has 0 bridgehead atoms. The standard InChI is InChI=1S/C25H38O2Si/c1-10-21-13-20-14-22(19-11-12-19)24(15-23(20)26-25(21,8)9)27-28(16(2)3,17(4)5)18(6)7/h10,13-19H,1,11-12H2,2-9H3. The van der Waals surface area contributed by atoms with Gasteiger partial charge in [0.05, 0.1) is 0 Å². The zero-order valence-corrected chi connectivity index (χ0v) is 20.1. The third-order valence-electron chi connectivity index (χ3n) is 6.74. The molecule has 1 heterocycles. The van der Waals surface area contributed by atoms with Crippen LogP contribution in [0, 0.1) is 0 Å². The normalized spacial score (nSPS) is 18.8. The molecular formula is C25H38O2Si. The van der Waals surface area contributed by atoms with Crippen LogP contribution < -0.4 is 9.16 Å².